The maximum atomic E-state index is 12.6. The van der Waals surface area contributed by atoms with Crippen LogP contribution in [0.5, 0.6) is 0 Å². The van der Waals surface area contributed by atoms with Crippen molar-refractivity contribution in [1.82, 2.24) is 29.9 Å². The van der Waals surface area contributed by atoms with Crippen molar-refractivity contribution in [3.8, 4) is 5.69 Å². The van der Waals surface area contributed by atoms with E-state index in [1.165, 1.54) is 0 Å². The molecule has 0 atom stereocenters. The lowest BCUT2D eigenvalue weighted by Crippen LogP contribution is -2.25. The maximum absolute atomic E-state index is 12.6. The first-order valence-corrected chi connectivity index (χ1v) is 11.6. The lowest BCUT2D eigenvalue weighted by atomic mass is 10.2. The average Bonchev–Trinajstić information content (AvgIpc) is 3.28. The standard InChI is InChI=1S/C21H27ClN6OS/c1-14(2)13-27-19(25-26-21(27)30-4)9-6-10-23-20(29)18-12-24-28(15(18)3)17-8-5-7-16(22)11-17/h5,7-8,11-12,14H,6,9-10,13H2,1-4H3,(H,23,29). The van der Waals surface area contributed by atoms with Crippen molar-refractivity contribution in [2.24, 2.45) is 5.92 Å². The first-order valence-electron chi connectivity index (χ1n) is 9.95. The third-order valence-corrected chi connectivity index (χ3v) is 5.60. The summed E-state index contributed by atoms with van der Waals surface area (Å²) in [5.74, 6) is 1.35. The van der Waals surface area contributed by atoms with E-state index in [1.807, 2.05) is 37.4 Å². The quantitative estimate of drug-likeness (QED) is 0.394. The predicted octanol–water partition coefficient (Wildman–Crippen LogP) is 4.17. The zero-order valence-electron chi connectivity index (χ0n) is 17.7. The van der Waals surface area contributed by atoms with Gasteiger partial charge in [-0.05, 0) is 43.7 Å². The van der Waals surface area contributed by atoms with Crippen molar-refractivity contribution in [3.63, 3.8) is 0 Å². The van der Waals surface area contributed by atoms with Crippen LogP contribution in [-0.2, 0) is 13.0 Å². The van der Waals surface area contributed by atoms with Crippen molar-refractivity contribution in [1.29, 1.82) is 0 Å². The average molecular weight is 447 g/mol. The summed E-state index contributed by atoms with van der Waals surface area (Å²) in [7, 11) is 0. The summed E-state index contributed by atoms with van der Waals surface area (Å²) in [6.45, 7) is 7.69. The van der Waals surface area contributed by atoms with Crippen LogP contribution in [0.1, 0.15) is 42.1 Å². The fraction of sp³-hybridized carbons (Fsp3) is 0.429. The molecule has 0 bridgehead atoms. The number of nitrogens with one attached hydrogen (secondary N) is 1. The molecule has 0 aliphatic carbocycles. The summed E-state index contributed by atoms with van der Waals surface area (Å²) in [5.41, 5.74) is 2.16. The molecule has 0 aliphatic heterocycles. The van der Waals surface area contributed by atoms with Crippen LogP contribution < -0.4 is 5.32 Å². The van der Waals surface area contributed by atoms with Crippen molar-refractivity contribution >= 4 is 29.3 Å². The number of benzene rings is 1. The monoisotopic (exact) mass is 446 g/mol. The smallest absolute Gasteiger partial charge is 0.254 e. The third-order valence-electron chi connectivity index (χ3n) is 4.69. The van der Waals surface area contributed by atoms with Gasteiger partial charge in [0.15, 0.2) is 5.16 Å². The fourth-order valence-electron chi connectivity index (χ4n) is 3.25. The molecule has 30 heavy (non-hydrogen) atoms. The van der Waals surface area contributed by atoms with E-state index in [1.54, 1.807) is 22.6 Å². The zero-order valence-corrected chi connectivity index (χ0v) is 19.3. The summed E-state index contributed by atoms with van der Waals surface area (Å²) in [6, 6.07) is 7.39. The van der Waals surface area contributed by atoms with E-state index >= 15 is 0 Å². The molecule has 9 heteroatoms. The second-order valence-electron chi connectivity index (χ2n) is 7.50. The van der Waals surface area contributed by atoms with E-state index in [4.69, 9.17) is 11.6 Å². The van der Waals surface area contributed by atoms with Crippen LogP contribution in [0.4, 0.5) is 0 Å². The number of nitrogens with zero attached hydrogens (tertiary/aromatic N) is 5. The first-order chi connectivity index (χ1) is 14.4. The van der Waals surface area contributed by atoms with Crippen LogP contribution in [0, 0.1) is 12.8 Å². The minimum Gasteiger partial charge on any atom is -0.352 e. The van der Waals surface area contributed by atoms with E-state index in [9.17, 15) is 4.79 Å². The molecule has 0 saturated carbocycles. The molecular weight excluding hydrogens is 420 g/mol. The molecule has 1 amide bonds. The van der Waals surface area contributed by atoms with Crippen LogP contribution in [0.3, 0.4) is 0 Å². The minimum atomic E-state index is -0.130. The SMILES string of the molecule is CSc1nnc(CCCNC(=O)c2cnn(-c3cccc(Cl)c3)c2C)n1CC(C)C. The molecule has 0 fully saturated rings. The number of amides is 1. The van der Waals surface area contributed by atoms with Gasteiger partial charge in [-0.25, -0.2) is 4.68 Å². The second-order valence-corrected chi connectivity index (χ2v) is 8.71. The van der Waals surface area contributed by atoms with Gasteiger partial charge in [0.2, 0.25) is 0 Å². The van der Waals surface area contributed by atoms with Gasteiger partial charge in [-0.1, -0.05) is 43.3 Å². The van der Waals surface area contributed by atoms with Gasteiger partial charge in [0.1, 0.15) is 5.82 Å². The molecule has 1 aromatic carbocycles. The molecule has 0 radical (unpaired) electrons. The topological polar surface area (TPSA) is 77.6 Å². The highest BCUT2D eigenvalue weighted by atomic mass is 35.5. The van der Waals surface area contributed by atoms with E-state index < -0.39 is 0 Å². The van der Waals surface area contributed by atoms with Crippen molar-refractivity contribution in [2.45, 2.75) is 45.3 Å². The van der Waals surface area contributed by atoms with Crippen LogP contribution in [0.15, 0.2) is 35.6 Å². The van der Waals surface area contributed by atoms with E-state index in [2.05, 4.69) is 39.0 Å². The Bertz CT molecular complexity index is 1010. The van der Waals surface area contributed by atoms with Gasteiger partial charge in [-0.2, -0.15) is 5.10 Å². The second kappa shape index (κ2) is 10.1. The molecule has 0 saturated heterocycles. The molecule has 0 unspecified atom stereocenters. The van der Waals surface area contributed by atoms with Gasteiger partial charge in [-0.15, -0.1) is 10.2 Å². The Labute approximate surface area is 186 Å². The summed E-state index contributed by atoms with van der Waals surface area (Å²) in [5, 5.41) is 17.5. The summed E-state index contributed by atoms with van der Waals surface area (Å²) < 4.78 is 3.90. The molecule has 0 spiro atoms. The lowest BCUT2D eigenvalue weighted by Gasteiger charge is -2.11. The Morgan fingerprint density at radius 1 is 1.30 bits per heavy atom. The van der Waals surface area contributed by atoms with Crippen LogP contribution in [0.25, 0.3) is 5.69 Å². The Hall–Kier alpha value is -2.32. The van der Waals surface area contributed by atoms with Gasteiger partial charge in [-0.3, -0.25) is 4.79 Å². The van der Waals surface area contributed by atoms with Crippen molar-refractivity contribution < 1.29 is 4.79 Å². The Kier molecular flexibility index (Phi) is 7.55. The molecule has 160 valence electrons. The maximum Gasteiger partial charge on any atom is 0.254 e. The minimum absolute atomic E-state index is 0.130. The number of carbonyl (C=O) groups is 1. The largest absolute Gasteiger partial charge is 0.352 e. The van der Waals surface area contributed by atoms with Crippen molar-refractivity contribution in [2.75, 3.05) is 12.8 Å². The number of rotatable bonds is 9. The van der Waals surface area contributed by atoms with Crippen LogP contribution >= 0.6 is 23.4 Å². The number of aryl methyl sites for hydroxylation is 1. The Balaban J connectivity index is 1.58. The Morgan fingerprint density at radius 3 is 2.80 bits per heavy atom. The normalized spacial score (nSPS) is 11.3. The summed E-state index contributed by atoms with van der Waals surface area (Å²) in [4.78, 5) is 12.6. The fourth-order valence-corrected chi connectivity index (χ4v) is 3.96. The molecule has 3 aromatic rings. The highest BCUT2D eigenvalue weighted by molar-refractivity contribution is 7.98. The summed E-state index contributed by atoms with van der Waals surface area (Å²) >= 11 is 7.67. The van der Waals surface area contributed by atoms with E-state index in [0.717, 1.165) is 41.7 Å². The Morgan fingerprint density at radius 2 is 2.10 bits per heavy atom. The van der Waals surface area contributed by atoms with Gasteiger partial charge in [0.05, 0.1) is 23.1 Å². The number of thioether (sulfide) groups is 1. The summed E-state index contributed by atoms with van der Waals surface area (Å²) in [6.07, 6.45) is 5.16. The number of aromatic nitrogens is 5. The van der Waals surface area contributed by atoms with Gasteiger partial charge in [0, 0.05) is 24.5 Å². The molecule has 1 N–H and O–H groups in total. The van der Waals surface area contributed by atoms with Gasteiger partial charge >= 0.3 is 0 Å². The molecular formula is C21H27ClN6OS. The van der Waals surface area contributed by atoms with E-state index in [-0.39, 0.29) is 5.91 Å². The van der Waals surface area contributed by atoms with E-state index in [0.29, 0.717) is 23.0 Å². The molecule has 2 aromatic heterocycles. The number of hydrogen-bond donors (Lipinski definition) is 1. The molecule has 3 rings (SSSR count). The van der Waals surface area contributed by atoms with Gasteiger partial charge in [0.25, 0.3) is 5.91 Å². The highest BCUT2D eigenvalue weighted by Gasteiger charge is 2.16. The third kappa shape index (κ3) is 5.23. The molecule has 7 nitrogen and oxygen atoms in total. The first kappa shape index (κ1) is 22.4. The van der Waals surface area contributed by atoms with Gasteiger partial charge < -0.3 is 9.88 Å². The zero-order chi connectivity index (χ0) is 21.7. The van der Waals surface area contributed by atoms with Crippen molar-refractivity contribution in [3.05, 3.63) is 52.6 Å². The van der Waals surface area contributed by atoms with Crippen LogP contribution in [0.2, 0.25) is 5.02 Å². The number of hydrogen-bond acceptors (Lipinski definition) is 5. The van der Waals surface area contributed by atoms with Crippen LogP contribution in [-0.4, -0.2) is 43.3 Å². The molecule has 2 heterocycles. The number of carbonyl (C=O) groups excluding carboxylic acids is 1. The number of halogens is 1. The lowest BCUT2D eigenvalue weighted by molar-refractivity contribution is 0.0952. The highest BCUT2D eigenvalue weighted by Crippen LogP contribution is 2.18. The molecule has 0 aliphatic rings. The predicted molar refractivity (Wildman–Crippen MR) is 121 cm³/mol.